The molecular formula is C28H30ClN3O6S. The van der Waals surface area contributed by atoms with Crippen molar-refractivity contribution in [1.82, 2.24) is 9.62 Å². The number of halogens is 1. The minimum Gasteiger partial charge on any atom is -0.492 e. The molecule has 11 heteroatoms. The number of carbonyl (C=O) groups excluding carboxylic acids is 2. The van der Waals surface area contributed by atoms with Gasteiger partial charge < -0.3 is 19.7 Å². The van der Waals surface area contributed by atoms with E-state index < -0.39 is 28.6 Å². The van der Waals surface area contributed by atoms with E-state index in [1.807, 2.05) is 30.3 Å². The zero-order chi connectivity index (χ0) is 28.0. The summed E-state index contributed by atoms with van der Waals surface area (Å²) in [4.78, 5) is 27.9. The molecule has 0 radical (unpaired) electrons. The minimum atomic E-state index is -4.05. The fraction of sp³-hybridized carbons (Fsp3) is 0.286. The van der Waals surface area contributed by atoms with Crippen LogP contribution in [0.3, 0.4) is 0 Å². The second-order valence-corrected chi connectivity index (χ2v) is 11.1. The van der Waals surface area contributed by atoms with Crippen LogP contribution >= 0.6 is 11.6 Å². The Bertz CT molecular complexity index is 1430. The molecule has 0 fully saturated rings. The summed E-state index contributed by atoms with van der Waals surface area (Å²) in [7, 11) is -4.05. The number of rotatable bonds is 10. The molecule has 39 heavy (non-hydrogen) atoms. The fourth-order valence-electron chi connectivity index (χ4n) is 4.17. The van der Waals surface area contributed by atoms with Crippen molar-refractivity contribution >= 4 is 39.1 Å². The molecule has 1 unspecified atom stereocenters. The highest BCUT2D eigenvalue weighted by molar-refractivity contribution is 7.89. The highest BCUT2D eigenvalue weighted by atomic mass is 35.5. The van der Waals surface area contributed by atoms with Crippen molar-refractivity contribution in [3.63, 3.8) is 0 Å². The van der Waals surface area contributed by atoms with Crippen molar-refractivity contribution in [1.29, 1.82) is 0 Å². The summed E-state index contributed by atoms with van der Waals surface area (Å²) in [5, 5.41) is 3.00. The SMILES string of the molecule is CCOc1ccc(S(=O)(=O)N(CC)CC(=O)N2CC(C(=O)NCc3ccccc3)Oc3ccccc32)cc1Cl. The van der Waals surface area contributed by atoms with Crippen molar-refractivity contribution in [2.75, 3.05) is 31.1 Å². The molecule has 2 amide bonds. The van der Waals surface area contributed by atoms with Gasteiger partial charge in [0.2, 0.25) is 15.9 Å². The zero-order valence-corrected chi connectivity index (χ0v) is 23.2. The Kier molecular flexibility index (Phi) is 9.11. The van der Waals surface area contributed by atoms with Gasteiger partial charge in [-0.25, -0.2) is 8.42 Å². The predicted octanol–water partition coefficient (Wildman–Crippen LogP) is 3.86. The smallest absolute Gasteiger partial charge is 0.263 e. The number of anilines is 1. The highest BCUT2D eigenvalue weighted by Crippen LogP contribution is 2.34. The van der Waals surface area contributed by atoms with Crippen molar-refractivity contribution in [3.05, 3.63) is 83.4 Å². The van der Waals surface area contributed by atoms with Crippen LogP contribution in [-0.4, -0.2) is 56.9 Å². The van der Waals surface area contributed by atoms with Crippen molar-refractivity contribution < 1.29 is 27.5 Å². The summed E-state index contributed by atoms with van der Waals surface area (Å²) < 4.78 is 39.2. The predicted molar refractivity (Wildman–Crippen MR) is 149 cm³/mol. The maximum absolute atomic E-state index is 13.5. The topological polar surface area (TPSA) is 105 Å². The lowest BCUT2D eigenvalue weighted by Crippen LogP contribution is -2.53. The van der Waals surface area contributed by atoms with Gasteiger partial charge in [-0.2, -0.15) is 4.31 Å². The normalized spacial score (nSPS) is 14.9. The van der Waals surface area contributed by atoms with Crippen molar-refractivity contribution in [2.45, 2.75) is 31.4 Å². The maximum atomic E-state index is 13.5. The van der Waals surface area contributed by atoms with E-state index in [4.69, 9.17) is 21.1 Å². The Labute approximate surface area is 233 Å². The third kappa shape index (κ3) is 6.52. The van der Waals surface area contributed by atoms with Gasteiger partial charge in [0.1, 0.15) is 11.5 Å². The monoisotopic (exact) mass is 571 g/mol. The lowest BCUT2D eigenvalue weighted by Gasteiger charge is -2.35. The molecule has 1 heterocycles. The Balaban J connectivity index is 1.52. The van der Waals surface area contributed by atoms with Gasteiger partial charge in [0.15, 0.2) is 6.10 Å². The van der Waals surface area contributed by atoms with E-state index in [9.17, 15) is 18.0 Å². The molecule has 3 aromatic rings. The van der Waals surface area contributed by atoms with Crippen LogP contribution in [0.15, 0.2) is 77.7 Å². The average Bonchev–Trinajstić information content (AvgIpc) is 2.95. The Morgan fingerprint density at radius 1 is 1.08 bits per heavy atom. The van der Waals surface area contributed by atoms with E-state index in [1.54, 1.807) is 38.1 Å². The highest BCUT2D eigenvalue weighted by Gasteiger charge is 2.36. The Hall–Kier alpha value is -3.60. The second kappa shape index (κ2) is 12.5. The van der Waals surface area contributed by atoms with Crippen LogP contribution in [0.25, 0.3) is 0 Å². The first-order valence-electron chi connectivity index (χ1n) is 12.5. The number of fused-ring (bicyclic) bond motifs is 1. The van der Waals surface area contributed by atoms with Crippen LogP contribution in [0.4, 0.5) is 5.69 Å². The van der Waals surface area contributed by atoms with E-state index in [0.29, 0.717) is 30.3 Å². The van der Waals surface area contributed by atoms with Crippen LogP contribution < -0.4 is 19.7 Å². The number of ether oxygens (including phenoxy) is 2. The van der Waals surface area contributed by atoms with Gasteiger partial charge in [0.25, 0.3) is 5.91 Å². The number of nitrogens with zero attached hydrogens (tertiary/aromatic N) is 2. The van der Waals surface area contributed by atoms with Gasteiger partial charge in [-0.3, -0.25) is 9.59 Å². The number of benzene rings is 3. The third-order valence-electron chi connectivity index (χ3n) is 6.18. The molecule has 206 valence electrons. The quantitative estimate of drug-likeness (QED) is 0.396. The van der Waals surface area contributed by atoms with Gasteiger partial charge >= 0.3 is 0 Å². The largest absolute Gasteiger partial charge is 0.492 e. The second-order valence-electron chi connectivity index (χ2n) is 8.74. The maximum Gasteiger partial charge on any atom is 0.263 e. The molecule has 1 aliphatic rings. The number of nitrogens with one attached hydrogen (secondary N) is 1. The van der Waals surface area contributed by atoms with Gasteiger partial charge in [-0.1, -0.05) is 61.0 Å². The molecule has 1 N–H and O–H groups in total. The first-order chi connectivity index (χ1) is 18.7. The van der Waals surface area contributed by atoms with E-state index in [1.165, 1.54) is 23.1 Å². The molecule has 0 aromatic heterocycles. The molecule has 0 saturated carbocycles. The van der Waals surface area contributed by atoms with Gasteiger partial charge in [-0.05, 0) is 42.8 Å². The average molecular weight is 572 g/mol. The van der Waals surface area contributed by atoms with Crippen LogP contribution in [-0.2, 0) is 26.2 Å². The fourth-order valence-corrected chi connectivity index (χ4v) is 5.90. The van der Waals surface area contributed by atoms with Gasteiger partial charge in [-0.15, -0.1) is 0 Å². The van der Waals surface area contributed by atoms with Crippen molar-refractivity contribution in [2.24, 2.45) is 0 Å². The summed E-state index contributed by atoms with van der Waals surface area (Å²) in [5.41, 5.74) is 1.39. The first-order valence-corrected chi connectivity index (χ1v) is 14.4. The zero-order valence-electron chi connectivity index (χ0n) is 21.7. The minimum absolute atomic E-state index is 0.0475. The van der Waals surface area contributed by atoms with E-state index in [0.717, 1.165) is 9.87 Å². The number of sulfonamides is 1. The lowest BCUT2D eigenvalue weighted by molar-refractivity contribution is -0.128. The lowest BCUT2D eigenvalue weighted by atomic mass is 10.1. The molecule has 3 aromatic carbocycles. The Morgan fingerprint density at radius 2 is 1.79 bits per heavy atom. The molecule has 1 atom stereocenters. The van der Waals surface area contributed by atoms with Crippen LogP contribution in [0.5, 0.6) is 11.5 Å². The third-order valence-corrected chi connectivity index (χ3v) is 8.39. The molecule has 1 aliphatic heterocycles. The number of amides is 2. The van der Waals surface area contributed by atoms with E-state index in [-0.39, 0.29) is 28.9 Å². The van der Waals surface area contributed by atoms with E-state index in [2.05, 4.69) is 5.32 Å². The number of likely N-dealkylation sites (N-methyl/N-ethyl adjacent to an activating group) is 1. The molecule has 0 aliphatic carbocycles. The van der Waals surface area contributed by atoms with Crippen LogP contribution in [0.1, 0.15) is 19.4 Å². The molecular weight excluding hydrogens is 542 g/mol. The Morgan fingerprint density at radius 3 is 2.49 bits per heavy atom. The standard InChI is InChI=1S/C28H30ClN3O6S/c1-3-31(39(35,36)21-14-15-24(37-4-2)22(29)16-21)19-27(33)32-18-26(38-25-13-9-8-12-23(25)32)28(34)30-17-20-10-6-5-7-11-20/h5-16,26H,3-4,17-19H2,1-2H3,(H,30,34). The number of para-hydroxylation sites is 2. The van der Waals surface area contributed by atoms with Crippen LogP contribution in [0.2, 0.25) is 5.02 Å². The van der Waals surface area contributed by atoms with Crippen LogP contribution in [0, 0.1) is 0 Å². The molecule has 9 nitrogen and oxygen atoms in total. The summed E-state index contributed by atoms with van der Waals surface area (Å²) in [6.07, 6.45) is -0.968. The van der Waals surface area contributed by atoms with E-state index >= 15 is 0 Å². The molecule has 4 rings (SSSR count). The number of hydrogen-bond acceptors (Lipinski definition) is 6. The van der Waals surface area contributed by atoms with Crippen molar-refractivity contribution in [3.8, 4) is 11.5 Å². The summed E-state index contributed by atoms with van der Waals surface area (Å²) in [6.45, 7) is 3.68. The summed E-state index contributed by atoms with van der Waals surface area (Å²) in [6, 6.07) is 20.5. The molecule has 0 bridgehead atoms. The number of hydrogen-bond donors (Lipinski definition) is 1. The number of carbonyl (C=O) groups is 2. The van der Waals surface area contributed by atoms with Gasteiger partial charge in [0.05, 0.1) is 35.3 Å². The summed E-state index contributed by atoms with van der Waals surface area (Å²) in [5.74, 6) is -0.135. The van der Waals surface area contributed by atoms with Gasteiger partial charge in [0, 0.05) is 13.1 Å². The first kappa shape index (κ1) is 28.4. The summed E-state index contributed by atoms with van der Waals surface area (Å²) >= 11 is 6.22. The molecule has 0 saturated heterocycles. The molecule has 0 spiro atoms.